The molecule has 1 fully saturated rings. The predicted molar refractivity (Wildman–Crippen MR) is 141 cm³/mol. The number of sulfonamides is 1. The molecule has 0 heterocycles. The number of anilines is 1. The van der Waals surface area contributed by atoms with Crippen molar-refractivity contribution in [3.63, 3.8) is 0 Å². The summed E-state index contributed by atoms with van der Waals surface area (Å²) in [5.41, 5.74) is 0.743. The first-order chi connectivity index (χ1) is 17.6. The first-order valence-corrected chi connectivity index (χ1v) is 14.4. The Hall–Kier alpha value is -3.14. The summed E-state index contributed by atoms with van der Waals surface area (Å²) in [5, 5.41) is 3.01. The molecule has 0 unspecified atom stereocenters. The monoisotopic (exact) mass is 533 g/mol. The number of benzene rings is 2. The Labute approximate surface area is 218 Å². The van der Waals surface area contributed by atoms with Gasteiger partial charge in [0.15, 0.2) is 0 Å². The van der Waals surface area contributed by atoms with E-state index in [9.17, 15) is 22.4 Å². The molecule has 0 radical (unpaired) electrons. The number of rotatable bonds is 12. The van der Waals surface area contributed by atoms with Gasteiger partial charge >= 0.3 is 0 Å². The normalized spacial score (nSPS) is 14.7. The number of carbonyl (C=O) groups excluding carboxylic acids is 2. The minimum atomic E-state index is -3.62. The van der Waals surface area contributed by atoms with Crippen LogP contribution in [0.15, 0.2) is 48.5 Å². The lowest BCUT2D eigenvalue weighted by molar-refractivity contribution is -0.141. The van der Waals surface area contributed by atoms with Gasteiger partial charge in [0.25, 0.3) is 0 Å². The molecule has 0 aromatic heterocycles. The van der Waals surface area contributed by atoms with Gasteiger partial charge in [-0.3, -0.25) is 13.9 Å². The van der Waals surface area contributed by atoms with Crippen molar-refractivity contribution in [1.82, 2.24) is 10.2 Å². The highest BCUT2D eigenvalue weighted by molar-refractivity contribution is 7.92. The van der Waals surface area contributed by atoms with Crippen molar-refractivity contribution in [3.05, 3.63) is 59.9 Å². The lowest BCUT2D eigenvalue weighted by Gasteiger charge is -2.30. The molecule has 1 aliphatic rings. The molecule has 2 aromatic rings. The Bertz CT molecular complexity index is 1180. The van der Waals surface area contributed by atoms with E-state index in [4.69, 9.17) is 4.74 Å². The second-order valence-electron chi connectivity index (χ2n) is 9.42. The van der Waals surface area contributed by atoms with Gasteiger partial charge in [-0.2, -0.15) is 0 Å². The van der Waals surface area contributed by atoms with E-state index in [0.717, 1.165) is 31.9 Å². The molecule has 0 saturated heterocycles. The molecule has 0 spiro atoms. The van der Waals surface area contributed by atoms with Gasteiger partial charge in [-0.15, -0.1) is 0 Å². The first kappa shape index (κ1) is 28.4. The van der Waals surface area contributed by atoms with E-state index in [1.807, 2.05) is 0 Å². The minimum absolute atomic E-state index is 0.00844. The number of hydrogen-bond acceptors (Lipinski definition) is 5. The van der Waals surface area contributed by atoms with E-state index in [2.05, 4.69) is 5.32 Å². The third kappa shape index (κ3) is 7.92. The fourth-order valence-electron chi connectivity index (χ4n) is 4.55. The van der Waals surface area contributed by atoms with Crippen molar-refractivity contribution in [2.24, 2.45) is 0 Å². The molecule has 8 nitrogen and oxygen atoms in total. The highest BCUT2D eigenvalue weighted by Crippen LogP contribution is 2.24. The predicted octanol–water partition coefficient (Wildman–Crippen LogP) is 3.86. The van der Waals surface area contributed by atoms with Crippen molar-refractivity contribution in [2.75, 3.05) is 24.2 Å². The molecule has 3 rings (SSSR count). The molecule has 37 heavy (non-hydrogen) atoms. The smallest absolute Gasteiger partial charge is 0.242 e. The Morgan fingerprint density at radius 1 is 1.14 bits per heavy atom. The number of methoxy groups -OCH3 is 1. The summed E-state index contributed by atoms with van der Waals surface area (Å²) < 4.78 is 45.8. The first-order valence-electron chi connectivity index (χ1n) is 12.5. The Balaban J connectivity index is 1.73. The van der Waals surface area contributed by atoms with Crippen LogP contribution in [0.25, 0.3) is 0 Å². The molecule has 2 amide bonds. The van der Waals surface area contributed by atoms with Crippen molar-refractivity contribution in [3.8, 4) is 5.75 Å². The Morgan fingerprint density at radius 2 is 1.84 bits per heavy atom. The number of nitrogens with zero attached hydrogens (tertiary/aromatic N) is 2. The zero-order chi connectivity index (χ0) is 27.0. The molecule has 1 N–H and O–H groups in total. The van der Waals surface area contributed by atoms with Crippen molar-refractivity contribution < 1.29 is 27.1 Å². The lowest BCUT2D eigenvalue weighted by atomic mass is 10.1. The maximum absolute atomic E-state index is 14.4. The molecular weight excluding hydrogens is 497 g/mol. The van der Waals surface area contributed by atoms with Crippen molar-refractivity contribution >= 4 is 27.5 Å². The van der Waals surface area contributed by atoms with E-state index < -0.39 is 21.9 Å². The zero-order valence-corrected chi connectivity index (χ0v) is 22.5. The number of ether oxygens (including phenoxy) is 1. The maximum Gasteiger partial charge on any atom is 0.242 e. The maximum atomic E-state index is 14.4. The van der Waals surface area contributed by atoms with Gasteiger partial charge in [0.05, 0.1) is 19.1 Å². The summed E-state index contributed by atoms with van der Waals surface area (Å²) in [4.78, 5) is 27.7. The van der Waals surface area contributed by atoms with Gasteiger partial charge in [0, 0.05) is 37.2 Å². The summed E-state index contributed by atoms with van der Waals surface area (Å²) in [6, 6.07) is 12.1. The molecule has 1 atom stereocenters. The second-order valence-corrected chi connectivity index (χ2v) is 11.3. The number of amides is 2. The van der Waals surface area contributed by atoms with Gasteiger partial charge in [-0.1, -0.05) is 37.1 Å². The van der Waals surface area contributed by atoms with Crippen LogP contribution >= 0.6 is 0 Å². The van der Waals surface area contributed by atoms with Gasteiger partial charge in [-0.25, -0.2) is 12.8 Å². The van der Waals surface area contributed by atoms with Crippen LogP contribution in [0.2, 0.25) is 0 Å². The summed E-state index contributed by atoms with van der Waals surface area (Å²) in [6.45, 7) is 1.65. The number of halogens is 1. The number of nitrogens with one attached hydrogen (secondary N) is 1. The van der Waals surface area contributed by atoms with Crippen LogP contribution in [0.4, 0.5) is 10.1 Å². The summed E-state index contributed by atoms with van der Waals surface area (Å²) in [6.07, 6.45) is 5.24. The lowest BCUT2D eigenvalue weighted by Crippen LogP contribution is -2.49. The summed E-state index contributed by atoms with van der Waals surface area (Å²) in [5.74, 6) is -0.562. The molecule has 2 aromatic carbocycles. The molecule has 10 heteroatoms. The van der Waals surface area contributed by atoms with Crippen LogP contribution in [0.3, 0.4) is 0 Å². The number of carbonyl (C=O) groups is 2. The van der Waals surface area contributed by atoms with Gasteiger partial charge in [0.2, 0.25) is 21.8 Å². The highest BCUT2D eigenvalue weighted by Gasteiger charge is 2.29. The average molecular weight is 534 g/mol. The van der Waals surface area contributed by atoms with Gasteiger partial charge < -0.3 is 15.0 Å². The standard InChI is InChI=1S/C27H36FN3O5S/c1-20(27(33)29-22-11-5-6-12-22)30(19-21-10-4-7-15-25(21)28)26(32)16-9-17-31(37(3,34)35)23-13-8-14-24(18-23)36-2/h4,7-8,10,13-15,18,20,22H,5-6,9,11-12,16-17,19H2,1-3H3,(H,29,33)/t20-/m1/s1. The minimum Gasteiger partial charge on any atom is -0.497 e. The largest absolute Gasteiger partial charge is 0.497 e. The van der Waals surface area contributed by atoms with Crippen LogP contribution < -0.4 is 14.4 Å². The molecular formula is C27H36FN3O5S. The van der Waals surface area contributed by atoms with E-state index in [1.54, 1.807) is 49.4 Å². The summed E-state index contributed by atoms with van der Waals surface area (Å²) in [7, 11) is -2.12. The molecule has 0 aliphatic heterocycles. The van der Waals surface area contributed by atoms with Crippen LogP contribution in [-0.4, -0.2) is 57.1 Å². The highest BCUT2D eigenvalue weighted by atomic mass is 32.2. The van der Waals surface area contributed by atoms with Crippen molar-refractivity contribution in [2.45, 2.75) is 64.1 Å². The molecule has 1 saturated carbocycles. The fourth-order valence-corrected chi connectivity index (χ4v) is 5.51. The fraction of sp³-hybridized carbons (Fsp3) is 0.481. The van der Waals surface area contributed by atoms with Crippen LogP contribution in [0, 0.1) is 5.82 Å². The summed E-state index contributed by atoms with van der Waals surface area (Å²) >= 11 is 0. The van der Waals surface area contributed by atoms with E-state index in [1.165, 1.54) is 22.4 Å². The van der Waals surface area contributed by atoms with Crippen LogP contribution in [-0.2, 0) is 26.2 Å². The van der Waals surface area contributed by atoms with Gasteiger partial charge in [-0.05, 0) is 44.4 Å². The van der Waals surface area contributed by atoms with E-state index in [-0.39, 0.29) is 43.8 Å². The SMILES string of the molecule is COc1cccc(N(CCCC(=O)N(Cc2ccccc2F)[C@H](C)C(=O)NC2CCCC2)S(C)(=O)=O)c1. The van der Waals surface area contributed by atoms with Crippen LogP contribution in [0.1, 0.15) is 51.0 Å². The topological polar surface area (TPSA) is 96.0 Å². The molecule has 202 valence electrons. The molecule has 1 aliphatic carbocycles. The Kier molecular flexibility index (Phi) is 9.91. The van der Waals surface area contributed by atoms with Gasteiger partial charge in [0.1, 0.15) is 17.6 Å². The average Bonchev–Trinajstić information content (AvgIpc) is 3.38. The zero-order valence-electron chi connectivity index (χ0n) is 21.7. The molecule has 0 bridgehead atoms. The number of hydrogen-bond donors (Lipinski definition) is 1. The van der Waals surface area contributed by atoms with Crippen molar-refractivity contribution in [1.29, 1.82) is 0 Å². The third-order valence-electron chi connectivity index (χ3n) is 6.66. The van der Waals surface area contributed by atoms with E-state index in [0.29, 0.717) is 17.0 Å². The van der Waals surface area contributed by atoms with E-state index >= 15 is 0 Å². The third-order valence-corrected chi connectivity index (χ3v) is 7.85. The quantitative estimate of drug-likeness (QED) is 0.447. The second kappa shape index (κ2) is 12.9. The van der Waals surface area contributed by atoms with Crippen LogP contribution in [0.5, 0.6) is 5.75 Å². The Morgan fingerprint density at radius 3 is 2.49 bits per heavy atom.